The second-order valence-corrected chi connectivity index (χ2v) is 8.91. The molecule has 0 aromatic heterocycles. The fourth-order valence-electron chi connectivity index (χ4n) is 4.38. The molecule has 0 spiro atoms. The number of fused-ring (bicyclic) bond motifs is 3. The number of carbonyl (C=O) groups is 3. The highest BCUT2D eigenvalue weighted by molar-refractivity contribution is 5.82. The monoisotopic (exact) mass is 452 g/mol. The van der Waals surface area contributed by atoms with Crippen molar-refractivity contribution < 1.29 is 29.0 Å². The molecule has 1 heterocycles. The summed E-state index contributed by atoms with van der Waals surface area (Å²) in [5.74, 6) is -1.98. The zero-order valence-electron chi connectivity index (χ0n) is 18.7. The molecule has 2 aliphatic rings. The molecule has 0 saturated carbocycles. The van der Waals surface area contributed by atoms with Gasteiger partial charge < -0.3 is 25.2 Å². The zero-order valence-corrected chi connectivity index (χ0v) is 18.7. The second-order valence-electron chi connectivity index (χ2n) is 8.91. The summed E-state index contributed by atoms with van der Waals surface area (Å²) in [7, 11) is 0. The van der Waals surface area contributed by atoms with Crippen LogP contribution in [0.15, 0.2) is 48.5 Å². The molecule has 3 N–H and O–H groups in total. The number of hydrogen-bond donors (Lipinski definition) is 3. The first-order valence-corrected chi connectivity index (χ1v) is 11.0. The van der Waals surface area contributed by atoms with Crippen LogP contribution >= 0.6 is 0 Å². The summed E-state index contributed by atoms with van der Waals surface area (Å²) in [5.41, 5.74) is 3.38. The highest BCUT2D eigenvalue weighted by Crippen LogP contribution is 2.44. The van der Waals surface area contributed by atoms with Gasteiger partial charge in [-0.25, -0.2) is 4.79 Å². The fourth-order valence-corrected chi connectivity index (χ4v) is 4.38. The summed E-state index contributed by atoms with van der Waals surface area (Å²) in [6.45, 7) is 3.65. The summed E-state index contributed by atoms with van der Waals surface area (Å²) < 4.78 is 10.7. The molecule has 3 atom stereocenters. The van der Waals surface area contributed by atoms with Gasteiger partial charge in [-0.05, 0) is 29.2 Å². The Kier molecular flexibility index (Phi) is 6.37. The number of carboxylic acids is 1. The maximum Gasteiger partial charge on any atom is 0.407 e. The first-order chi connectivity index (χ1) is 15.8. The average Bonchev–Trinajstić information content (AvgIpc) is 3.34. The van der Waals surface area contributed by atoms with E-state index >= 15 is 0 Å². The van der Waals surface area contributed by atoms with Gasteiger partial charge in [0.2, 0.25) is 5.91 Å². The number of benzene rings is 2. The lowest BCUT2D eigenvalue weighted by molar-refractivity contribution is -0.149. The Morgan fingerprint density at radius 3 is 2.33 bits per heavy atom. The van der Waals surface area contributed by atoms with Crippen molar-refractivity contribution in [1.29, 1.82) is 0 Å². The zero-order chi connectivity index (χ0) is 23.6. The number of carbonyl (C=O) groups excluding carboxylic acids is 2. The van der Waals surface area contributed by atoms with Crippen LogP contribution in [0.4, 0.5) is 4.79 Å². The molecule has 2 aromatic carbocycles. The van der Waals surface area contributed by atoms with Crippen molar-refractivity contribution in [3.05, 3.63) is 59.7 Å². The molecule has 1 fully saturated rings. The number of amides is 2. The topological polar surface area (TPSA) is 114 Å². The van der Waals surface area contributed by atoms with Gasteiger partial charge in [0.15, 0.2) is 0 Å². The maximum atomic E-state index is 12.5. The minimum Gasteiger partial charge on any atom is -0.481 e. The molecular weight excluding hydrogens is 424 g/mol. The fraction of sp³-hybridized carbons (Fsp3) is 0.400. The molecule has 8 nitrogen and oxygen atoms in total. The lowest BCUT2D eigenvalue weighted by Gasteiger charge is -2.26. The highest BCUT2D eigenvalue weighted by Gasteiger charge is 2.47. The summed E-state index contributed by atoms with van der Waals surface area (Å²) >= 11 is 0. The van der Waals surface area contributed by atoms with Gasteiger partial charge in [-0.2, -0.15) is 0 Å². The smallest absolute Gasteiger partial charge is 0.407 e. The van der Waals surface area contributed by atoms with Crippen LogP contribution < -0.4 is 10.6 Å². The van der Waals surface area contributed by atoms with E-state index in [1.807, 2.05) is 36.4 Å². The Morgan fingerprint density at radius 1 is 1.12 bits per heavy atom. The van der Waals surface area contributed by atoms with Gasteiger partial charge in [0, 0.05) is 12.5 Å². The third-order valence-corrected chi connectivity index (χ3v) is 6.60. The van der Waals surface area contributed by atoms with Crippen molar-refractivity contribution in [3.8, 4) is 11.1 Å². The molecule has 174 valence electrons. The predicted octanol–water partition coefficient (Wildman–Crippen LogP) is 2.77. The molecule has 33 heavy (non-hydrogen) atoms. The number of nitrogens with one attached hydrogen (secondary N) is 2. The SMILES string of the molecule is CC(CNC(=O)OCC1c2ccccc2-c2ccccc21)C(=O)NC1COCC1(C)C(=O)O. The molecule has 4 rings (SSSR count). The van der Waals surface area contributed by atoms with Gasteiger partial charge in [0.25, 0.3) is 0 Å². The Balaban J connectivity index is 1.29. The average molecular weight is 453 g/mol. The van der Waals surface area contributed by atoms with Crippen molar-refractivity contribution >= 4 is 18.0 Å². The van der Waals surface area contributed by atoms with Crippen LogP contribution in [0.5, 0.6) is 0 Å². The molecule has 2 amide bonds. The van der Waals surface area contributed by atoms with Crippen LogP contribution in [0.3, 0.4) is 0 Å². The summed E-state index contributed by atoms with van der Waals surface area (Å²) in [6, 6.07) is 15.5. The lowest BCUT2D eigenvalue weighted by Crippen LogP contribution is -2.51. The molecule has 1 aliphatic carbocycles. The Bertz CT molecular complexity index is 1020. The van der Waals surface area contributed by atoms with E-state index in [2.05, 4.69) is 22.8 Å². The van der Waals surface area contributed by atoms with Crippen molar-refractivity contribution in [1.82, 2.24) is 10.6 Å². The maximum absolute atomic E-state index is 12.5. The van der Waals surface area contributed by atoms with Crippen LogP contribution in [-0.2, 0) is 19.1 Å². The second kappa shape index (κ2) is 9.23. The lowest BCUT2D eigenvalue weighted by atomic mass is 9.85. The molecule has 1 saturated heterocycles. The standard InChI is InChI=1S/C25H28N2O6/c1-15(22(28)27-21-13-32-14-25(21,2)23(29)30)11-26-24(31)33-12-20-18-9-5-3-7-16(18)17-8-4-6-10-19(17)20/h3-10,15,20-21H,11-14H2,1-2H3,(H,26,31)(H,27,28)(H,29,30). The van der Waals surface area contributed by atoms with Crippen molar-refractivity contribution in [2.45, 2.75) is 25.8 Å². The number of alkyl carbamates (subject to hydrolysis) is 1. The highest BCUT2D eigenvalue weighted by atomic mass is 16.5. The van der Waals surface area contributed by atoms with Gasteiger partial charge in [-0.15, -0.1) is 0 Å². The van der Waals surface area contributed by atoms with Crippen LogP contribution in [-0.4, -0.2) is 55.5 Å². The minimum atomic E-state index is -1.17. The summed E-state index contributed by atoms with van der Waals surface area (Å²) in [4.78, 5) is 36.4. The van der Waals surface area contributed by atoms with E-state index in [4.69, 9.17) is 9.47 Å². The number of ether oxygens (including phenoxy) is 2. The van der Waals surface area contributed by atoms with E-state index in [1.165, 1.54) is 0 Å². The molecule has 0 bridgehead atoms. The van der Waals surface area contributed by atoms with E-state index in [0.717, 1.165) is 22.3 Å². The van der Waals surface area contributed by atoms with Gasteiger partial charge in [0.05, 0.1) is 25.2 Å². The third kappa shape index (κ3) is 4.43. The first-order valence-electron chi connectivity index (χ1n) is 11.0. The van der Waals surface area contributed by atoms with Gasteiger partial charge in [-0.3, -0.25) is 9.59 Å². The Labute approximate surface area is 192 Å². The van der Waals surface area contributed by atoms with Crippen molar-refractivity contribution in [3.63, 3.8) is 0 Å². The molecule has 8 heteroatoms. The van der Waals surface area contributed by atoms with Crippen molar-refractivity contribution in [2.24, 2.45) is 11.3 Å². The number of aliphatic carboxylic acids is 1. The Hall–Kier alpha value is -3.39. The normalized spacial score (nSPS) is 22.2. The number of carboxylic acid groups (broad SMARTS) is 1. The quantitative estimate of drug-likeness (QED) is 0.595. The van der Waals surface area contributed by atoms with Crippen LogP contribution in [0.2, 0.25) is 0 Å². The molecule has 2 aromatic rings. The van der Waals surface area contributed by atoms with Crippen LogP contribution in [0.1, 0.15) is 30.9 Å². The molecule has 0 radical (unpaired) electrons. The van der Waals surface area contributed by atoms with E-state index in [1.54, 1.807) is 13.8 Å². The third-order valence-electron chi connectivity index (χ3n) is 6.60. The first kappa shape index (κ1) is 22.8. The molecule has 1 aliphatic heterocycles. The Morgan fingerprint density at radius 2 is 1.73 bits per heavy atom. The van der Waals surface area contributed by atoms with E-state index in [-0.39, 0.29) is 38.2 Å². The number of hydrogen-bond acceptors (Lipinski definition) is 5. The molecular formula is C25H28N2O6. The van der Waals surface area contributed by atoms with Gasteiger partial charge >= 0.3 is 12.1 Å². The van der Waals surface area contributed by atoms with Crippen LogP contribution in [0.25, 0.3) is 11.1 Å². The minimum absolute atomic E-state index is 0.0413. The predicted molar refractivity (Wildman–Crippen MR) is 121 cm³/mol. The van der Waals surface area contributed by atoms with E-state index in [0.29, 0.717) is 0 Å². The van der Waals surface area contributed by atoms with E-state index in [9.17, 15) is 19.5 Å². The summed E-state index contributed by atoms with van der Waals surface area (Å²) in [5, 5.41) is 14.8. The number of rotatable bonds is 7. The molecule has 3 unspecified atom stereocenters. The summed E-state index contributed by atoms with van der Waals surface area (Å²) in [6.07, 6.45) is -0.601. The van der Waals surface area contributed by atoms with Gasteiger partial charge in [0.1, 0.15) is 12.0 Å². The van der Waals surface area contributed by atoms with Gasteiger partial charge in [-0.1, -0.05) is 55.5 Å². The largest absolute Gasteiger partial charge is 0.481 e. The van der Waals surface area contributed by atoms with Crippen molar-refractivity contribution in [2.75, 3.05) is 26.4 Å². The van der Waals surface area contributed by atoms with Crippen LogP contribution in [0, 0.1) is 11.3 Å². The van der Waals surface area contributed by atoms with E-state index < -0.39 is 29.4 Å².